The molecule has 1 unspecified atom stereocenters. The molecule has 0 amide bonds. The van der Waals surface area contributed by atoms with Gasteiger partial charge < -0.3 is 10.4 Å². The highest BCUT2D eigenvalue weighted by Gasteiger charge is 2.29. The number of thiophene rings is 1. The molecule has 0 fully saturated rings. The van der Waals surface area contributed by atoms with Crippen molar-refractivity contribution >= 4 is 17.2 Å². The lowest BCUT2D eigenvalue weighted by molar-refractivity contribution is 0.0195. The zero-order chi connectivity index (χ0) is 12.1. The van der Waals surface area contributed by atoms with Gasteiger partial charge in [0.05, 0.1) is 10.7 Å². The van der Waals surface area contributed by atoms with Gasteiger partial charge in [-0.3, -0.25) is 4.99 Å². The maximum absolute atomic E-state index is 10.6. The smallest absolute Gasteiger partial charge is 0.171 e. The molecule has 1 aliphatic rings. The fourth-order valence-corrected chi connectivity index (χ4v) is 2.90. The topological polar surface area (TPSA) is 44.6 Å². The number of nitrogens with zero attached hydrogens (tertiary/aromatic N) is 1. The van der Waals surface area contributed by atoms with Crippen molar-refractivity contribution in [3.63, 3.8) is 0 Å². The Bertz CT molecular complexity index is 375. The molecule has 17 heavy (non-hydrogen) atoms. The van der Waals surface area contributed by atoms with Crippen LogP contribution in [0, 0.1) is 0 Å². The highest BCUT2D eigenvalue weighted by Crippen LogP contribution is 2.26. The minimum absolute atomic E-state index is 0.645. The quantitative estimate of drug-likeness (QED) is 0.812. The summed E-state index contributed by atoms with van der Waals surface area (Å²) in [6, 6.07) is 3.94. The van der Waals surface area contributed by atoms with E-state index in [0.29, 0.717) is 6.42 Å². The lowest BCUT2D eigenvalue weighted by Crippen LogP contribution is -2.44. The number of nitrogens with one attached hydrogen (secondary N) is 1. The first-order valence-corrected chi connectivity index (χ1v) is 7.20. The van der Waals surface area contributed by atoms with E-state index in [1.54, 1.807) is 11.3 Å². The summed E-state index contributed by atoms with van der Waals surface area (Å²) < 4.78 is 0. The Balaban J connectivity index is 2.11. The maximum atomic E-state index is 10.6. The van der Waals surface area contributed by atoms with E-state index in [9.17, 15) is 5.11 Å². The summed E-state index contributed by atoms with van der Waals surface area (Å²) in [5.41, 5.74) is -0.947. The van der Waals surface area contributed by atoms with Crippen LogP contribution < -0.4 is 5.32 Å². The average molecular weight is 252 g/mol. The predicted octanol–water partition coefficient (Wildman–Crippen LogP) is 2.87. The molecule has 1 aliphatic heterocycles. The van der Waals surface area contributed by atoms with Crippen molar-refractivity contribution in [2.75, 3.05) is 6.54 Å². The monoisotopic (exact) mass is 252 g/mol. The first-order valence-electron chi connectivity index (χ1n) is 6.32. The summed E-state index contributed by atoms with van der Waals surface area (Å²) in [4.78, 5) is 5.48. The van der Waals surface area contributed by atoms with Crippen molar-refractivity contribution in [1.82, 2.24) is 5.32 Å². The number of hydrogen-bond donors (Lipinski definition) is 2. The minimum Gasteiger partial charge on any atom is -0.366 e. The van der Waals surface area contributed by atoms with E-state index in [0.717, 1.165) is 36.5 Å². The van der Waals surface area contributed by atoms with Gasteiger partial charge in [0.25, 0.3) is 0 Å². The largest absolute Gasteiger partial charge is 0.366 e. The van der Waals surface area contributed by atoms with E-state index in [2.05, 4.69) is 10.3 Å². The van der Waals surface area contributed by atoms with Crippen LogP contribution in [0.15, 0.2) is 22.5 Å². The summed E-state index contributed by atoms with van der Waals surface area (Å²) in [7, 11) is 0. The Labute approximate surface area is 107 Å². The third-order valence-electron chi connectivity index (χ3n) is 3.17. The summed E-state index contributed by atoms with van der Waals surface area (Å²) in [5.74, 6) is 0.959. The van der Waals surface area contributed by atoms with E-state index < -0.39 is 5.72 Å². The van der Waals surface area contributed by atoms with Gasteiger partial charge >= 0.3 is 0 Å². The van der Waals surface area contributed by atoms with Crippen LogP contribution in [0.25, 0.3) is 0 Å². The summed E-state index contributed by atoms with van der Waals surface area (Å²) in [5, 5.41) is 15.9. The normalized spacial score (nSPS) is 20.2. The molecule has 2 heterocycles. The van der Waals surface area contributed by atoms with E-state index >= 15 is 0 Å². The first-order chi connectivity index (χ1) is 8.24. The van der Waals surface area contributed by atoms with E-state index in [-0.39, 0.29) is 0 Å². The zero-order valence-electron chi connectivity index (χ0n) is 10.3. The van der Waals surface area contributed by atoms with Gasteiger partial charge in [-0.2, -0.15) is 0 Å². The van der Waals surface area contributed by atoms with Gasteiger partial charge in [-0.1, -0.05) is 19.4 Å². The van der Waals surface area contributed by atoms with Gasteiger partial charge in [0.15, 0.2) is 5.72 Å². The van der Waals surface area contributed by atoms with Crippen LogP contribution >= 0.6 is 11.3 Å². The number of aliphatic hydroxyl groups is 1. The second kappa shape index (κ2) is 5.65. The molecule has 2 rings (SSSR count). The molecule has 0 saturated heterocycles. The molecule has 0 spiro atoms. The lowest BCUT2D eigenvalue weighted by atomic mass is 10.1. The highest BCUT2D eigenvalue weighted by atomic mass is 32.1. The molecular formula is C13H20N2OS. The summed E-state index contributed by atoms with van der Waals surface area (Å²) >= 11 is 1.58. The lowest BCUT2D eigenvalue weighted by Gasteiger charge is -2.28. The standard InChI is InChI=1S/C13H20N2OS/c1-2-13(16,11-7-6-10-17-11)15-12-8-4-3-5-9-14-12/h6-7,10,16H,2-5,8-9H2,1H3,(H,14,15). The molecule has 94 valence electrons. The summed E-state index contributed by atoms with van der Waals surface area (Å²) in [6.07, 6.45) is 5.16. The van der Waals surface area contributed by atoms with Crippen LogP contribution in [0.5, 0.6) is 0 Å². The minimum atomic E-state index is -0.947. The van der Waals surface area contributed by atoms with E-state index in [4.69, 9.17) is 0 Å². The fraction of sp³-hybridized carbons (Fsp3) is 0.615. The number of amidine groups is 1. The SMILES string of the molecule is CCC(O)(NC1=NCCCCC1)c1cccs1. The molecule has 3 nitrogen and oxygen atoms in total. The van der Waals surface area contributed by atoms with Crippen LogP contribution in [0.2, 0.25) is 0 Å². The van der Waals surface area contributed by atoms with Gasteiger partial charge in [0.2, 0.25) is 0 Å². The predicted molar refractivity (Wildman–Crippen MR) is 72.4 cm³/mol. The zero-order valence-corrected chi connectivity index (χ0v) is 11.1. The number of hydrogen-bond acceptors (Lipinski definition) is 4. The fourth-order valence-electron chi connectivity index (χ4n) is 2.05. The molecular weight excluding hydrogens is 232 g/mol. The number of rotatable bonds is 3. The molecule has 1 atom stereocenters. The Morgan fingerprint density at radius 3 is 3.06 bits per heavy atom. The third-order valence-corrected chi connectivity index (χ3v) is 4.19. The Hall–Kier alpha value is -0.870. The first kappa shape index (κ1) is 12.6. The molecule has 0 aromatic carbocycles. The maximum Gasteiger partial charge on any atom is 0.171 e. The van der Waals surface area contributed by atoms with Crippen molar-refractivity contribution < 1.29 is 5.11 Å². The van der Waals surface area contributed by atoms with E-state index in [1.807, 2.05) is 24.4 Å². The van der Waals surface area contributed by atoms with Gasteiger partial charge in [-0.15, -0.1) is 11.3 Å². The van der Waals surface area contributed by atoms with Crippen LogP contribution in [0.3, 0.4) is 0 Å². The van der Waals surface area contributed by atoms with Crippen LogP contribution in [0.4, 0.5) is 0 Å². The molecule has 0 bridgehead atoms. The van der Waals surface area contributed by atoms with Crippen molar-refractivity contribution in [3.05, 3.63) is 22.4 Å². The molecule has 0 aliphatic carbocycles. The average Bonchev–Trinajstić information content (AvgIpc) is 2.77. The van der Waals surface area contributed by atoms with Crippen LogP contribution in [-0.2, 0) is 5.72 Å². The van der Waals surface area contributed by atoms with Crippen LogP contribution in [0.1, 0.15) is 43.9 Å². The van der Waals surface area contributed by atoms with Gasteiger partial charge in [0, 0.05) is 13.0 Å². The molecule has 1 aromatic heterocycles. The molecule has 2 N–H and O–H groups in total. The Morgan fingerprint density at radius 2 is 2.35 bits per heavy atom. The number of aliphatic imine (C=N–C) groups is 1. The molecule has 4 heteroatoms. The van der Waals surface area contributed by atoms with Gasteiger partial charge in [-0.25, -0.2) is 0 Å². The van der Waals surface area contributed by atoms with Crippen molar-refractivity contribution in [2.45, 2.75) is 44.8 Å². The highest BCUT2D eigenvalue weighted by molar-refractivity contribution is 7.10. The second-order valence-corrected chi connectivity index (χ2v) is 5.40. The molecule has 0 radical (unpaired) electrons. The van der Waals surface area contributed by atoms with Crippen molar-refractivity contribution in [1.29, 1.82) is 0 Å². The van der Waals surface area contributed by atoms with Crippen LogP contribution in [-0.4, -0.2) is 17.5 Å². The van der Waals surface area contributed by atoms with Gasteiger partial charge in [0.1, 0.15) is 0 Å². The Morgan fingerprint density at radius 1 is 1.47 bits per heavy atom. The summed E-state index contributed by atoms with van der Waals surface area (Å²) in [6.45, 7) is 2.87. The van der Waals surface area contributed by atoms with Crippen molar-refractivity contribution in [2.24, 2.45) is 4.99 Å². The third kappa shape index (κ3) is 3.07. The van der Waals surface area contributed by atoms with Crippen molar-refractivity contribution in [3.8, 4) is 0 Å². The molecule has 1 aromatic rings. The second-order valence-electron chi connectivity index (χ2n) is 4.46. The Kier molecular flexibility index (Phi) is 4.18. The van der Waals surface area contributed by atoms with Gasteiger partial charge in [-0.05, 0) is 30.7 Å². The van der Waals surface area contributed by atoms with E-state index in [1.165, 1.54) is 6.42 Å². The molecule has 0 saturated carbocycles.